The van der Waals surface area contributed by atoms with E-state index in [0.29, 0.717) is 18.9 Å². The van der Waals surface area contributed by atoms with Crippen LogP contribution >= 0.6 is 15.9 Å². The summed E-state index contributed by atoms with van der Waals surface area (Å²) in [5, 5.41) is 0. The molecule has 0 bridgehead atoms. The second-order valence-electron chi connectivity index (χ2n) is 9.40. The summed E-state index contributed by atoms with van der Waals surface area (Å²) >= 11 is 3.50. The van der Waals surface area contributed by atoms with E-state index in [-0.39, 0.29) is 11.9 Å². The molecule has 0 aromatic heterocycles. The van der Waals surface area contributed by atoms with E-state index in [4.69, 9.17) is 4.99 Å². The van der Waals surface area contributed by atoms with Gasteiger partial charge in [0.2, 0.25) is 0 Å². The van der Waals surface area contributed by atoms with Gasteiger partial charge >= 0.3 is 11.9 Å². The van der Waals surface area contributed by atoms with Gasteiger partial charge < -0.3 is 0 Å². The third-order valence-electron chi connectivity index (χ3n) is 6.74. The lowest BCUT2D eigenvalue weighted by molar-refractivity contribution is -0.552. The van der Waals surface area contributed by atoms with Gasteiger partial charge in [0, 0.05) is 31.7 Å². The summed E-state index contributed by atoms with van der Waals surface area (Å²) in [6.45, 7) is 2.48. The number of hydrogen-bond donors (Lipinski definition) is 0. The summed E-state index contributed by atoms with van der Waals surface area (Å²) in [6, 6.07) is 27.7. The third-order valence-corrected chi connectivity index (χ3v) is 7.27. The minimum Gasteiger partial charge on any atom is -0.284 e. The molecule has 3 amide bonds. The fourth-order valence-corrected chi connectivity index (χ4v) is 5.06. The van der Waals surface area contributed by atoms with Gasteiger partial charge in [-0.25, -0.2) is 9.37 Å². The number of imide groups is 1. The molecule has 7 nitrogen and oxygen atoms in total. The molecule has 0 N–H and O–H groups in total. The van der Waals surface area contributed by atoms with Crippen LogP contribution < -0.4 is 0 Å². The molecule has 1 atom stereocenters. The summed E-state index contributed by atoms with van der Waals surface area (Å²) in [4.78, 5) is 36.0. The molecule has 5 rings (SSSR count). The first-order valence-corrected chi connectivity index (χ1v) is 13.0. The van der Waals surface area contributed by atoms with Gasteiger partial charge in [-0.15, -0.1) is 0 Å². The number of amidine groups is 2. The molecule has 2 aliphatic heterocycles. The SMILES string of the molecule is CN1C(=O)C2C(=NC(CN(Cc3ccccc3)Cc3ccccc3)=[N+]2Cc2ccc(Br)cc2)N(C)C1=O. The Bertz CT molecular complexity index is 1310. The van der Waals surface area contributed by atoms with Gasteiger partial charge in [0.25, 0.3) is 17.8 Å². The minimum absolute atomic E-state index is 0.258. The molecule has 3 aromatic rings. The Kier molecular flexibility index (Phi) is 7.30. The fraction of sp³-hybridized carbons (Fsp3) is 0.241. The number of benzene rings is 3. The van der Waals surface area contributed by atoms with Gasteiger partial charge in [-0.1, -0.05) is 88.7 Å². The smallest absolute Gasteiger partial charge is 0.284 e. The van der Waals surface area contributed by atoms with E-state index in [9.17, 15) is 9.59 Å². The second kappa shape index (κ2) is 10.8. The van der Waals surface area contributed by atoms with Crippen LogP contribution in [0.2, 0.25) is 0 Å². The van der Waals surface area contributed by atoms with Gasteiger partial charge in [-0.05, 0) is 33.8 Å². The lowest BCUT2D eigenvalue weighted by Gasteiger charge is -2.30. The van der Waals surface area contributed by atoms with E-state index in [2.05, 4.69) is 45.1 Å². The lowest BCUT2D eigenvalue weighted by atomic mass is 10.1. The average molecular weight is 559 g/mol. The molecule has 0 saturated carbocycles. The summed E-state index contributed by atoms with van der Waals surface area (Å²) in [7, 11) is 3.22. The van der Waals surface area contributed by atoms with Crippen molar-refractivity contribution in [3.05, 3.63) is 106 Å². The molecule has 2 aliphatic rings. The highest BCUT2D eigenvalue weighted by atomic mass is 79.9. The molecular weight excluding hydrogens is 530 g/mol. The first-order chi connectivity index (χ1) is 17.9. The Balaban J connectivity index is 1.53. The number of nitrogens with zero attached hydrogens (tertiary/aromatic N) is 5. The molecule has 1 unspecified atom stereocenters. The van der Waals surface area contributed by atoms with Gasteiger partial charge in [-0.3, -0.25) is 19.5 Å². The molecule has 0 aliphatic carbocycles. The van der Waals surface area contributed by atoms with Gasteiger partial charge in [0.15, 0.2) is 0 Å². The van der Waals surface area contributed by atoms with E-state index in [1.807, 2.05) is 65.2 Å². The molecule has 0 radical (unpaired) electrons. The lowest BCUT2D eigenvalue weighted by Crippen LogP contribution is -2.61. The van der Waals surface area contributed by atoms with Crippen LogP contribution in [0.1, 0.15) is 16.7 Å². The molecule has 0 spiro atoms. The summed E-state index contributed by atoms with van der Waals surface area (Å²) in [6.07, 6.45) is 0. The number of halogens is 1. The molecule has 1 fully saturated rings. The zero-order valence-electron chi connectivity index (χ0n) is 20.9. The van der Waals surface area contributed by atoms with Crippen LogP contribution in [-0.2, 0) is 24.4 Å². The van der Waals surface area contributed by atoms with E-state index >= 15 is 0 Å². The first-order valence-electron chi connectivity index (χ1n) is 12.2. The van der Waals surface area contributed by atoms with Crippen molar-refractivity contribution in [2.24, 2.45) is 4.99 Å². The van der Waals surface area contributed by atoms with Crippen LogP contribution in [0.3, 0.4) is 0 Å². The molecule has 1 saturated heterocycles. The van der Waals surface area contributed by atoms with Crippen LogP contribution in [0.25, 0.3) is 0 Å². The minimum atomic E-state index is -0.637. The van der Waals surface area contributed by atoms with Crippen molar-refractivity contribution in [1.82, 2.24) is 14.7 Å². The Labute approximate surface area is 225 Å². The van der Waals surface area contributed by atoms with Crippen molar-refractivity contribution >= 4 is 39.5 Å². The van der Waals surface area contributed by atoms with Crippen LogP contribution in [0.5, 0.6) is 0 Å². The highest BCUT2D eigenvalue weighted by Gasteiger charge is 2.53. The number of hydrogen-bond acceptors (Lipinski definition) is 4. The largest absolute Gasteiger partial charge is 0.333 e. The van der Waals surface area contributed by atoms with Crippen molar-refractivity contribution in [2.45, 2.75) is 25.7 Å². The van der Waals surface area contributed by atoms with E-state index in [1.54, 1.807) is 7.05 Å². The second-order valence-corrected chi connectivity index (χ2v) is 10.3. The average Bonchev–Trinajstić information content (AvgIpc) is 3.26. The zero-order valence-corrected chi connectivity index (χ0v) is 22.5. The molecule has 8 heteroatoms. The van der Waals surface area contributed by atoms with Crippen molar-refractivity contribution in [2.75, 3.05) is 20.6 Å². The normalized spacial score (nSPS) is 17.5. The Morgan fingerprint density at radius 1 is 0.784 bits per heavy atom. The topological polar surface area (TPSA) is 59.2 Å². The van der Waals surface area contributed by atoms with Crippen molar-refractivity contribution in [1.29, 1.82) is 0 Å². The number of rotatable bonds is 8. The first kappa shape index (κ1) is 25.0. The molecule has 2 heterocycles. The van der Waals surface area contributed by atoms with Crippen LogP contribution in [0, 0.1) is 0 Å². The molecule has 3 aromatic carbocycles. The number of carbonyl (C=O) groups excluding carboxylic acids is 2. The highest BCUT2D eigenvalue weighted by Crippen LogP contribution is 2.22. The predicted molar refractivity (Wildman–Crippen MR) is 147 cm³/mol. The van der Waals surface area contributed by atoms with Crippen LogP contribution in [0.4, 0.5) is 4.79 Å². The van der Waals surface area contributed by atoms with Crippen molar-refractivity contribution < 1.29 is 14.2 Å². The monoisotopic (exact) mass is 558 g/mol. The van der Waals surface area contributed by atoms with Gasteiger partial charge in [0.05, 0.1) is 0 Å². The molecule has 37 heavy (non-hydrogen) atoms. The van der Waals surface area contributed by atoms with Crippen molar-refractivity contribution in [3.8, 4) is 0 Å². The maximum absolute atomic E-state index is 13.4. The number of fused-ring (bicyclic) bond motifs is 1. The Morgan fingerprint density at radius 3 is 1.92 bits per heavy atom. The van der Waals surface area contributed by atoms with E-state index in [0.717, 1.165) is 29.0 Å². The van der Waals surface area contributed by atoms with Crippen molar-refractivity contribution in [3.63, 3.8) is 0 Å². The van der Waals surface area contributed by atoms with E-state index in [1.165, 1.54) is 28.0 Å². The third kappa shape index (κ3) is 5.40. The maximum atomic E-state index is 13.4. The number of likely N-dealkylation sites (N-methyl/N-ethyl adjacent to an activating group) is 2. The number of urea groups is 1. The number of amides is 3. The Hall–Kier alpha value is -3.62. The number of aliphatic imine (C=N–C) groups is 1. The highest BCUT2D eigenvalue weighted by molar-refractivity contribution is 9.10. The Morgan fingerprint density at radius 2 is 1.35 bits per heavy atom. The summed E-state index contributed by atoms with van der Waals surface area (Å²) < 4.78 is 3.04. The summed E-state index contributed by atoms with van der Waals surface area (Å²) in [5.41, 5.74) is 3.46. The predicted octanol–water partition coefficient (Wildman–Crippen LogP) is 4.37. The van der Waals surface area contributed by atoms with Gasteiger partial charge in [-0.2, -0.15) is 0 Å². The quantitative estimate of drug-likeness (QED) is 0.386. The number of carbonyl (C=O) groups is 2. The maximum Gasteiger partial charge on any atom is 0.333 e. The van der Waals surface area contributed by atoms with E-state index < -0.39 is 6.04 Å². The zero-order chi connectivity index (χ0) is 25.9. The fourth-order valence-electron chi connectivity index (χ4n) is 4.80. The molecular formula is C29H29BrN5O2+. The van der Waals surface area contributed by atoms with Crippen LogP contribution in [0.15, 0.2) is 94.4 Å². The molecule has 188 valence electrons. The van der Waals surface area contributed by atoms with Crippen LogP contribution in [-0.4, -0.2) is 69.6 Å². The standard InChI is InChI=1S/C29H29BrN5O2/c1-32-27-26(28(36)33(2)29(32)37)35(19-23-13-15-24(30)16-14-23)25(31-27)20-34(17-21-9-5-3-6-10-21)18-22-11-7-4-8-12-22/h3-16,26H,17-20H2,1-2H3/q+1. The van der Waals surface area contributed by atoms with Gasteiger partial charge in [0.1, 0.15) is 13.1 Å². The summed E-state index contributed by atoms with van der Waals surface area (Å²) in [5.74, 6) is 1.00.